The van der Waals surface area contributed by atoms with Gasteiger partial charge in [0.2, 0.25) is 0 Å². The minimum Gasteiger partial charge on any atom is -0.318 e. The van der Waals surface area contributed by atoms with Crippen LogP contribution in [0.3, 0.4) is 0 Å². The molecule has 0 spiro atoms. The van der Waals surface area contributed by atoms with Crippen LogP contribution in [-0.4, -0.2) is 4.57 Å². The summed E-state index contributed by atoms with van der Waals surface area (Å²) in [6.07, 6.45) is 1.64. The van der Waals surface area contributed by atoms with Crippen LogP contribution < -0.4 is 5.43 Å². The standard InChI is InChI=1S/C13H12FNOS/c1-9-6-13(16)10(8-17)7-15(9)12-5-3-2-4-11(12)14/h2-7,17H,8H2,1H3. The van der Waals surface area contributed by atoms with E-state index >= 15 is 0 Å². The Labute approximate surface area is 104 Å². The van der Waals surface area contributed by atoms with Crippen LogP contribution in [0.4, 0.5) is 4.39 Å². The van der Waals surface area contributed by atoms with Crippen LogP contribution in [0.25, 0.3) is 5.69 Å². The number of pyridine rings is 1. The SMILES string of the molecule is Cc1cc(=O)c(CS)cn1-c1ccccc1F. The van der Waals surface area contributed by atoms with E-state index in [9.17, 15) is 9.18 Å². The molecule has 1 aromatic heterocycles. The van der Waals surface area contributed by atoms with Gasteiger partial charge in [-0.15, -0.1) is 0 Å². The van der Waals surface area contributed by atoms with E-state index in [1.807, 2.05) is 0 Å². The fourth-order valence-corrected chi connectivity index (χ4v) is 1.94. The normalized spacial score (nSPS) is 10.5. The monoisotopic (exact) mass is 249 g/mol. The second kappa shape index (κ2) is 4.75. The zero-order chi connectivity index (χ0) is 12.4. The first kappa shape index (κ1) is 11.9. The molecule has 2 aromatic rings. The molecule has 2 rings (SSSR count). The predicted octanol–water partition coefficient (Wildman–Crippen LogP) is 2.71. The summed E-state index contributed by atoms with van der Waals surface area (Å²) in [6.45, 7) is 1.77. The molecule has 0 fully saturated rings. The van der Waals surface area contributed by atoms with Crippen LogP contribution in [0.15, 0.2) is 41.3 Å². The summed E-state index contributed by atoms with van der Waals surface area (Å²) in [5.74, 6) is 0.0254. The lowest BCUT2D eigenvalue weighted by atomic mass is 10.2. The van der Waals surface area contributed by atoms with Gasteiger partial charge < -0.3 is 4.57 Å². The number of benzene rings is 1. The summed E-state index contributed by atoms with van der Waals surface area (Å²) in [4.78, 5) is 11.6. The lowest BCUT2D eigenvalue weighted by Gasteiger charge is -2.12. The number of aryl methyl sites for hydroxylation is 1. The highest BCUT2D eigenvalue weighted by molar-refractivity contribution is 7.79. The van der Waals surface area contributed by atoms with Gasteiger partial charge in [0.1, 0.15) is 5.82 Å². The molecule has 2 nitrogen and oxygen atoms in total. The van der Waals surface area contributed by atoms with Crippen molar-refractivity contribution < 1.29 is 4.39 Å². The highest BCUT2D eigenvalue weighted by Gasteiger charge is 2.07. The first-order valence-corrected chi connectivity index (χ1v) is 5.84. The lowest BCUT2D eigenvalue weighted by Crippen LogP contribution is -2.13. The van der Waals surface area contributed by atoms with Gasteiger partial charge in [-0.05, 0) is 19.1 Å². The number of para-hydroxylation sites is 1. The number of hydrogen-bond donors (Lipinski definition) is 1. The van der Waals surface area contributed by atoms with E-state index in [1.165, 1.54) is 12.1 Å². The summed E-state index contributed by atoms with van der Waals surface area (Å²) in [5.41, 5.74) is 1.63. The average molecular weight is 249 g/mol. The molecule has 4 heteroatoms. The molecular weight excluding hydrogens is 237 g/mol. The van der Waals surface area contributed by atoms with Gasteiger partial charge in [0, 0.05) is 29.3 Å². The predicted molar refractivity (Wildman–Crippen MR) is 69.4 cm³/mol. The second-order valence-corrected chi connectivity index (χ2v) is 4.10. The fourth-order valence-electron chi connectivity index (χ4n) is 1.70. The Kier molecular flexibility index (Phi) is 3.33. The molecule has 0 aliphatic rings. The second-order valence-electron chi connectivity index (χ2n) is 3.78. The molecule has 0 N–H and O–H groups in total. The summed E-state index contributed by atoms with van der Waals surface area (Å²) in [5, 5.41) is 0. The van der Waals surface area contributed by atoms with Crippen LogP contribution >= 0.6 is 12.6 Å². The van der Waals surface area contributed by atoms with Crippen LogP contribution in [0, 0.1) is 12.7 Å². The molecule has 0 aliphatic heterocycles. The Hall–Kier alpha value is -1.55. The zero-order valence-electron chi connectivity index (χ0n) is 9.35. The van der Waals surface area contributed by atoms with Gasteiger partial charge in [-0.3, -0.25) is 4.79 Å². The van der Waals surface area contributed by atoms with E-state index in [2.05, 4.69) is 12.6 Å². The highest BCUT2D eigenvalue weighted by Crippen LogP contribution is 2.15. The molecule has 0 aliphatic carbocycles. The van der Waals surface area contributed by atoms with Crippen molar-refractivity contribution in [2.45, 2.75) is 12.7 Å². The first-order chi connectivity index (χ1) is 8.13. The summed E-state index contributed by atoms with van der Waals surface area (Å²) < 4.78 is 15.3. The van der Waals surface area contributed by atoms with Crippen molar-refractivity contribution in [2.75, 3.05) is 0 Å². The van der Waals surface area contributed by atoms with Gasteiger partial charge in [-0.25, -0.2) is 4.39 Å². The molecule has 0 radical (unpaired) electrons. The third-order valence-electron chi connectivity index (χ3n) is 2.60. The van der Waals surface area contributed by atoms with Crippen molar-refractivity contribution in [2.24, 2.45) is 0 Å². The Morgan fingerprint density at radius 3 is 2.71 bits per heavy atom. The largest absolute Gasteiger partial charge is 0.318 e. The third kappa shape index (κ3) is 2.26. The molecule has 0 amide bonds. The van der Waals surface area contributed by atoms with E-state index in [4.69, 9.17) is 0 Å². The zero-order valence-corrected chi connectivity index (χ0v) is 10.2. The molecule has 0 saturated carbocycles. The van der Waals surface area contributed by atoms with Crippen molar-refractivity contribution >= 4 is 12.6 Å². The average Bonchev–Trinajstić information content (AvgIpc) is 2.31. The molecule has 0 atom stereocenters. The number of hydrogen-bond acceptors (Lipinski definition) is 2. The first-order valence-electron chi connectivity index (χ1n) is 5.21. The quantitative estimate of drug-likeness (QED) is 0.812. The van der Waals surface area contributed by atoms with Crippen LogP contribution in [0.1, 0.15) is 11.3 Å². The van der Waals surface area contributed by atoms with Crippen molar-refractivity contribution in [3.63, 3.8) is 0 Å². The third-order valence-corrected chi connectivity index (χ3v) is 2.94. The van der Waals surface area contributed by atoms with Crippen molar-refractivity contribution in [3.05, 3.63) is 63.8 Å². The maximum atomic E-state index is 13.7. The Morgan fingerprint density at radius 1 is 1.35 bits per heavy atom. The number of aromatic nitrogens is 1. The molecule has 88 valence electrons. The Balaban J connectivity index is 2.68. The number of thiol groups is 1. The topological polar surface area (TPSA) is 22.0 Å². The molecule has 0 saturated heterocycles. The Bertz CT molecular complexity index is 607. The smallest absolute Gasteiger partial charge is 0.185 e. The van der Waals surface area contributed by atoms with E-state index < -0.39 is 0 Å². The minimum absolute atomic E-state index is 0.0647. The van der Waals surface area contributed by atoms with Crippen molar-refractivity contribution in [1.29, 1.82) is 0 Å². The van der Waals surface area contributed by atoms with Gasteiger partial charge in [0.15, 0.2) is 5.43 Å². The Morgan fingerprint density at radius 2 is 2.06 bits per heavy atom. The van der Waals surface area contributed by atoms with E-state index in [0.717, 1.165) is 0 Å². The number of nitrogens with zero attached hydrogens (tertiary/aromatic N) is 1. The van der Waals surface area contributed by atoms with Crippen LogP contribution in [-0.2, 0) is 5.75 Å². The fraction of sp³-hybridized carbons (Fsp3) is 0.154. The van der Waals surface area contributed by atoms with Gasteiger partial charge >= 0.3 is 0 Å². The summed E-state index contributed by atoms with van der Waals surface area (Å²) in [6, 6.07) is 7.97. The highest BCUT2D eigenvalue weighted by atomic mass is 32.1. The van der Waals surface area contributed by atoms with Crippen LogP contribution in [0.2, 0.25) is 0 Å². The van der Waals surface area contributed by atoms with Gasteiger partial charge in [-0.1, -0.05) is 12.1 Å². The van der Waals surface area contributed by atoms with Gasteiger partial charge in [0.25, 0.3) is 0 Å². The maximum absolute atomic E-state index is 13.7. The van der Waals surface area contributed by atoms with E-state index in [1.54, 1.807) is 35.9 Å². The van der Waals surface area contributed by atoms with E-state index in [-0.39, 0.29) is 11.2 Å². The van der Waals surface area contributed by atoms with E-state index in [0.29, 0.717) is 22.7 Å². The molecule has 0 bridgehead atoms. The maximum Gasteiger partial charge on any atom is 0.185 e. The number of rotatable bonds is 2. The summed E-state index contributed by atoms with van der Waals surface area (Å²) >= 11 is 4.09. The molecule has 17 heavy (non-hydrogen) atoms. The van der Waals surface area contributed by atoms with Crippen LogP contribution in [0.5, 0.6) is 0 Å². The summed E-state index contributed by atoms with van der Waals surface area (Å²) in [7, 11) is 0. The van der Waals surface area contributed by atoms with Gasteiger partial charge in [0.05, 0.1) is 5.69 Å². The minimum atomic E-state index is -0.315. The number of halogens is 1. The molecule has 1 heterocycles. The van der Waals surface area contributed by atoms with Crippen molar-refractivity contribution in [1.82, 2.24) is 4.57 Å². The van der Waals surface area contributed by atoms with Crippen molar-refractivity contribution in [3.8, 4) is 5.69 Å². The molecule has 1 aromatic carbocycles. The lowest BCUT2D eigenvalue weighted by molar-refractivity contribution is 0.616. The van der Waals surface area contributed by atoms with Gasteiger partial charge in [-0.2, -0.15) is 12.6 Å². The molecular formula is C13H12FNOS. The molecule has 0 unspecified atom stereocenters.